The summed E-state index contributed by atoms with van der Waals surface area (Å²) in [7, 11) is 0. The molecular weight excluding hydrogens is 454 g/mol. The molecule has 0 saturated carbocycles. The first-order chi connectivity index (χ1) is 16.1. The third-order valence-corrected chi connectivity index (χ3v) is 6.70. The lowest BCUT2D eigenvalue weighted by Crippen LogP contribution is -2.51. The highest BCUT2D eigenvalue weighted by atomic mass is 19.4. The number of ether oxygens (including phenoxy) is 1. The van der Waals surface area contributed by atoms with Crippen molar-refractivity contribution >= 4 is 11.6 Å². The van der Waals surface area contributed by atoms with Gasteiger partial charge in [0.05, 0.1) is 23.8 Å². The quantitative estimate of drug-likeness (QED) is 0.668. The van der Waals surface area contributed by atoms with E-state index in [0.29, 0.717) is 30.9 Å². The van der Waals surface area contributed by atoms with E-state index in [4.69, 9.17) is 10.00 Å². The van der Waals surface area contributed by atoms with E-state index in [-0.39, 0.29) is 38.1 Å². The van der Waals surface area contributed by atoms with Crippen LogP contribution in [0.4, 0.5) is 23.2 Å². The number of rotatable bonds is 5. The maximum absolute atomic E-state index is 13.4. The predicted octanol–water partition coefficient (Wildman–Crippen LogP) is 3.44. The zero-order valence-corrected chi connectivity index (χ0v) is 18.2. The normalized spacial score (nSPS) is 22.3. The summed E-state index contributed by atoms with van der Waals surface area (Å²) in [5.41, 5.74) is -1.80. The summed E-state index contributed by atoms with van der Waals surface area (Å²) in [6, 6.07) is 10.5. The second-order valence-electron chi connectivity index (χ2n) is 8.78. The number of piperidine rings is 1. The molecule has 0 radical (unpaired) electrons. The second kappa shape index (κ2) is 9.14. The molecule has 2 heterocycles. The number of hydrogen-bond donors (Lipinski definition) is 1. The number of fused-ring (bicyclic) bond motifs is 1. The Kier molecular flexibility index (Phi) is 6.41. The molecule has 0 spiro atoms. The molecule has 10 heteroatoms. The molecule has 0 bridgehead atoms. The van der Waals surface area contributed by atoms with Crippen molar-refractivity contribution in [2.24, 2.45) is 11.3 Å². The van der Waals surface area contributed by atoms with E-state index >= 15 is 0 Å². The predicted molar refractivity (Wildman–Crippen MR) is 114 cm³/mol. The largest absolute Gasteiger partial charge is 0.484 e. The van der Waals surface area contributed by atoms with Gasteiger partial charge in [0.25, 0.3) is 5.91 Å². The molecule has 2 aromatic rings. The summed E-state index contributed by atoms with van der Waals surface area (Å²) in [4.78, 5) is 16.1. The molecule has 6 nitrogen and oxygen atoms in total. The molecule has 2 atom stereocenters. The molecule has 2 fully saturated rings. The average molecular weight is 477 g/mol. The number of benzene rings is 2. The fraction of sp³-hybridized carbons (Fsp3) is 0.417. The molecule has 2 aliphatic heterocycles. The van der Waals surface area contributed by atoms with E-state index in [1.54, 1.807) is 15.9 Å². The molecule has 2 aliphatic rings. The van der Waals surface area contributed by atoms with Crippen LogP contribution in [0.1, 0.15) is 17.5 Å². The van der Waals surface area contributed by atoms with Gasteiger partial charge in [-0.15, -0.1) is 0 Å². The van der Waals surface area contributed by atoms with Crippen molar-refractivity contribution in [3.8, 4) is 11.8 Å². The Morgan fingerprint density at radius 1 is 1.21 bits per heavy atom. The van der Waals surface area contributed by atoms with Crippen molar-refractivity contribution in [3.05, 3.63) is 59.4 Å². The molecule has 4 rings (SSSR count). The summed E-state index contributed by atoms with van der Waals surface area (Å²) in [6.45, 7) is 0.941. The monoisotopic (exact) mass is 477 g/mol. The van der Waals surface area contributed by atoms with Crippen LogP contribution in [-0.4, -0.2) is 55.3 Å². The van der Waals surface area contributed by atoms with Crippen molar-refractivity contribution in [3.63, 3.8) is 0 Å². The molecular formula is C24H23F4N3O3. The maximum Gasteiger partial charge on any atom is 0.417 e. The van der Waals surface area contributed by atoms with Crippen molar-refractivity contribution < 1.29 is 32.2 Å². The second-order valence-corrected chi connectivity index (χ2v) is 8.78. The first-order valence-electron chi connectivity index (χ1n) is 10.8. The molecule has 2 saturated heterocycles. The van der Waals surface area contributed by atoms with Gasteiger partial charge < -0.3 is 19.6 Å². The SMILES string of the molecule is N#Cc1ccc(N2CC[C@@H]3CN(C(=O)COc4ccc(F)cc4)C[C@]3(CO)C2)cc1C(F)(F)F. The van der Waals surface area contributed by atoms with Crippen LogP contribution in [0.15, 0.2) is 42.5 Å². The third kappa shape index (κ3) is 4.66. The summed E-state index contributed by atoms with van der Waals surface area (Å²) in [5, 5.41) is 19.3. The Balaban J connectivity index is 1.47. The number of aliphatic hydroxyl groups is 1. The maximum atomic E-state index is 13.4. The minimum atomic E-state index is -4.66. The van der Waals surface area contributed by atoms with Crippen molar-refractivity contribution in [2.75, 3.05) is 44.3 Å². The van der Waals surface area contributed by atoms with Crippen LogP contribution in [0.2, 0.25) is 0 Å². The summed E-state index contributed by atoms with van der Waals surface area (Å²) in [5.74, 6) is -0.350. The van der Waals surface area contributed by atoms with Gasteiger partial charge in [-0.05, 0) is 54.8 Å². The van der Waals surface area contributed by atoms with Gasteiger partial charge in [0.15, 0.2) is 6.61 Å². The minimum absolute atomic E-state index is 0.0102. The van der Waals surface area contributed by atoms with Gasteiger partial charge >= 0.3 is 6.18 Å². The van der Waals surface area contributed by atoms with Crippen LogP contribution in [0, 0.1) is 28.5 Å². The first kappa shape index (κ1) is 23.8. The third-order valence-electron chi connectivity index (χ3n) is 6.70. The number of amides is 1. The minimum Gasteiger partial charge on any atom is -0.484 e. The lowest BCUT2D eigenvalue weighted by Gasteiger charge is -2.44. The van der Waals surface area contributed by atoms with Crippen LogP contribution in [0.5, 0.6) is 5.75 Å². The van der Waals surface area contributed by atoms with E-state index in [2.05, 4.69) is 0 Å². The number of hydrogen-bond acceptors (Lipinski definition) is 5. The van der Waals surface area contributed by atoms with Gasteiger partial charge in [-0.2, -0.15) is 18.4 Å². The van der Waals surface area contributed by atoms with E-state index in [0.717, 1.165) is 12.1 Å². The Morgan fingerprint density at radius 3 is 2.59 bits per heavy atom. The zero-order valence-electron chi connectivity index (χ0n) is 18.2. The number of halogens is 4. The number of nitrogens with zero attached hydrogens (tertiary/aromatic N) is 3. The summed E-state index contributed by atoms with van der Waals surface area (Å²) >= 11 is 0. The van der Waals surface area contributed by atoms with E-state index in [1.165, 1.54) is 30.3 Å². The van der Waals surface area contributed by atoms with Crippen molar-refractivity contribution in [2.45, 2.75) is 12.6 Å². The van der Waals surface area contributed by atoms with Gasteiger partial charge in [0.2, 0.25) is 0 Å². The topological polar surface area (TPSA) is 76.8 Å². The molecule has 180 valence electrons. The molecule has 2 aromatic carbocycles. The number of alkyl halides is 3. The standard InChI is InChI=1S/C24H23F4N3O3/c25-18-2-5-20(6-3-18)34-12-22(33)31-11-17-7-8-30(13-23(17,14-31)15-32)19-4-1-16(10-29)21(9-19)24(26,27)28/h1-6,9,17,32H,7-8,11-15H2/t17-,23+/m1/s1. The molecule has 0 unspecified atom stereocenters. The number of likely N-dealkylation sites (tertiary alicyclic amines) is 1. The Hall–Kier alpha value is -3.32. The van der Waals surface area contributed by atoms with Crippen LogP contribution in [0.25, 0.3) is 0 Å². The van der Waals surface area contributed by atoms with E-state index in [1.807, 2.05) is 0 Å². The van der Waals surface area contributed by atoms with Crippen LogP contribution in [0.3, 0.4) is 0 Å². The highest BCUT2D eigenvalue weighted by Gasteiger charge is 2.50. The van der Waals surface area contributed by atoms with Gasteiger partial charge in [-0.3, -0.25) is 4.79 Å². The Morgan fingerprint density at radius 2 is 1.94 bits per heavy atom. The highest BCUT2D eigenvalue weighted by Crippen LogP contribution is 2.44. The van der Waals surface area contributed by atoms with Crippen molar-refractivity contribution in [1.82, 2.24) is 4.90 Å². The van der Waals surface area contributed by atoms with Crippen LogP contribution < -0.4 is 9.64 Å². The van der Waals surface area contributed by atoms with Gasteiger partial charge in [0, 0.05) is 37.3 Å². The van der Waals surface area contributed by atoms with Crippen molar-refractivity contribution in [1.29, 1.82) is 5.26 Å². The number of carbonyl (C=O) groups is 1. The van der Waals surface area contributed by atoms with E-state index in [9.17, 15) is 27.5 Å². The average Bonchev–Trinajstić information content (AvgIpc) is 3.22. The fourth-order valence-corrected chi connectivity index (χ4v) is 4.85. The molecule has 1 amide bonds. The summed E-state index contributed by atoms with van der Waals surface area (Å²) < 4.78 is 58.7. The molecule has 34 heavy (non-hydrogen) atoms. The number of carbonyl (C=O) groups excluding carboxylic acids is 1. The van der Waals surface area contributed by atoms with Gasteiger partial charge in [-0.25, -0.2) is 4.39 Å². The lowest BCUT2D eigenvalue weighted by atomic mass is 9.74. The Bertz CT molecular complexity index is 1100. The number of aliphatic hydroxyl groups excluding tert-OH is 1. The van der Waals surface area contributed by atoms with Crippen LogP contribution >= 0.6 is 0 Å². The lowest BCUT2D eigenvalue weighted by molar-refractivity contribution is -0.137. The molecule has 0 aliphatic carbocycles. The highest BCUT2D eigenvalue weighted by molar-refractivity contribution is 5.78. The first-order valence-corrected chi connectivity index (χ1v) is 10.8. The Labute approximate surface area is 193 Å². The molecule has 0 aromatic heterocycles. The molecule has 1 N–H and O–H groups in total. The number of nitriles is 1. The van der Waals surface area contributed by atoms with Gasteiger partial charge in [0.1, 0.15) is 11.6 Å². The summed E-state index contributed by atoms with van der Waals surface area (Å²) in [6.07, 6.45) is -4.07. The van der Waals surface area contributed by atoms with Crippen LogP contribution in [-0.2, 0) is 11.0 Å². The number of anilines is 1. The van der Waals surface area contributed by atoms with E-state index < -0.39 is 28.5 Å². The smallest absolute Gasteiger partial charge is 0.417 e. The zero-order chi connectivity index (χ0) is 24.5. The fourth-order valence-electron chi connectivity index (χ4n) is 4.85. The van der Waals surface area contributed by atoms with Gasteiger partial charge in [-0.1, -0.05) is 0 Å².